The maximum absolute atomic E-state index is 12.1. The smallest absolute Gasteiger partial charge is 0.233 e. The first kappa shape index (κ1) is 20.6. The van der Waals surface area contributed by atoms with Crippen LogP contribution in [0.3, 0.4) is 0 Å². The Hall–Kier alpha value is -1.45. The predicted molar refractivity (Wildman–Crippen MR) is 91.3 cm³/mol. The van der Waals surface area contributed by atoms with Crippen LogP contribution in [0.25, 0.3) is 0 Å². The molecule has 0 aliphatic heterocycles. The van der Waals surface area contributed by atoms with Crippen molar-refractivity contribution in [1.29, 1.82) is 0 Å². The molecule has 0 aromatic carbocycles. The van der Waals surface area contributed by atoms with Crippen molar-refractivity contribution in [1.82, 2.24) is 4.90 Å². The second-order valence-electron chi connectivity index (χ2n) is 4.47. The number of rotatable bonds is 12. The number of hydrogen-bond acceptors (Lipinski definition) is 3. The molecule has 0 unspecified atom stereocenters. The summed E-state index contributed by atoms with van der Waals surface area (Å²) in [6.07, 6.45) is 18.0. The summed E-state index contributed by atoms with van der Waals surface area (Å²) in [4.78, 5) is 13.9. The molecular formula is C17H22BrNO3. The highest BCUT2D eigenvalue weighted by Gasteiger charge is 2.23. The van der Waals surface area contributed by atoms with E-state index in [0.717, 1.165) is 12.8 Å². The molecule has 0 aromatic rings. The van der Waals surface area contributed by atoms with E-state index in [4.69, 9.17) is 28.7 Å². The summed E-state index contributed by atoms with van der Waals surface area (Å²) in [6, 6.07) is -0.224. The third kappa shape index (κ3) is 9.48. The Labute approximate surface area is 142 Å². The third-order valence-electron chi connectivity index (χ3n) is 2.84. The number of terminal acetylenes is 3. The molecule has 0 aliphatic carbocycles. The molecule has 0 fully saturated rings. The lowest BCUT2D eigenvalue weighted by Crippen LogP contribution is -2.47. The molecule has 4 nitrogen and oxygen atoms in total. The van der Waals surface area contributed by atoms with Crippen molar-refractivity contribution in [2.45, 2.75) is 25.3 Å². The van der Waals surface area contributed by atoms with Gasteiger partial charge in [-0.25, -0.2) is 0 Å². The molecule has 0 spiro atoms. The largest absolute Gasteiger partial charge is 0.367 e. The van der Waals surface area contributed by atoms with Crippen LogP contribution in [0, 0.1) is 37.0 Å². The highest BCUT2D eigenvalue weighted by molar-refractivity contribution is 9.09. The minimum Gasteiger partial charge on any atom is -0.367 e. The van der Waals surface area contributed by atoms with E-state index in [1.807, 2.05) is 0 Å². The zero-order valence-corrected chi connectivity index (χ0v) is 14.3. The van der Waals surface area contributed by atoms with Gasteiger partial charge in [0.25, 0.3) is 0 Å². The summed E-state index contributed by atoms with van der Waals surface area (Å²) in [5, 5.41) is 0.239. The molecule has 1 amide bonds. The van der Waals surface area contributed by atoms with Crippen LogP contribution in [0.2, 0.25) is 0 Å². The number of unbranched alkanes of at least 4 members (excludes halogenated alkanes) is 2. The Balaban J connectivity index is 4.68. The molecule has 0 N–H and O–H groups in total. The average molecular weight is 368 g/mol. The van der Waals surface area contributed by atoms with E-state index in [-0.39, 0.29) is 30.5 Å². The van der Waals surface area contributed by atoms with Gasteiger partial charge >= 0.3 is 0 Å². The maximum atomic E-state index is 12.1. The van der Waals surface area contributed by atoms with Crippen molar-refractivity contribution >= 4 is 21.8 Å². The normalized spacial score (nSPS) is 9.77. The molecule has 5 heteroatoms. The molecule has 0 heterocycles. The zero-order chi connectivity index (χ0) is 16.6. The fourth-order valence-corrected chi connectivity index (χ4v) is 2.15. The van der Waals surface area contributed by atoms with Crippen LogP contribution in [0.4, 0.5) is 0 Å². The van der Waals surface area contributed by atoms with Gasteiger partial charge in [0.15, 0.2) is 0 Å². The molecule has 0 aliphatic rings. The molecule has 22 heavy (non-hydrogen) atoms. The van der Waals surface area contributed by atoms with Gasteiger partial charge < -0.3 is 14.4 Å². The topological polar surface area (TPSA) is 38.8 Å². The van der Waals surface area contributed by atoms with Crippen molar-refractivity contribution in [3.8, 4) is 37.0 Å². The Bertz CT molecular complexity index is 411. The van der Waals surface area contributed by atoms with Crippen molar-refractivity contribution in [3.05, 3.63) is 0 Å². The highest BCUT2D eigenvalue weighted by atomic mass is 79.9. The molecule has 0 saturated heterocycles. The van der Waals surface area contributed by atoms with Crippen LogP contribution in [0.15, 0.2) is 0 Å². The summed E-state index contributed by atoms with van der Waals surface area (Å²) in [5.41, 5.74) is 0. The van der Waals surface area contributed by atoms with Crippen LogP contribution < -0.4 is 0 Å². The lowest BCUT2D eigenvalue weighted by atomic mass is 10.2. The van der Waals surface area contributed by atoms with Crippen LogP contribution in [-0.2, 0) is 14.3 Å². The number of nitrogens with zero attached hydrogens (tertiary/aromatic N) is 1. The molecule has 0 saturated carbocycles. The average Bonchev–Trinajstić information content (AvgIpc) is 2.53. The molecule has 0 aromatic heterocycles. The van der Waals surface area contributed by atoms with E-state index in [9.17, 15) is 4.79 Å². The van der Waals surface area contributed by atoms with E-state index in [1.54, 1.807) is 4.90 Å². The van der Waals surface area contributed by atoms with E-state index in [1.165, 1.54) is 0 Å². The van der Waals surface area contributed by atoms with Gasteiger partial charge in [-0.1, -0.05) is 27.8 Å². The van der Waals surface area contributed by atoms with Crippen LogP contribution in [0.5, 0.6) is 0 Å². The Morgan fingerprint density at radius 2 is 1.64 bits per heavy atom. The van der Waals surface area contributed by atoms with Crippen LogP contribution in [-0.4, -0.2) is 55.2 Å². The standard InChI is InChI=1S/C17H22BrNO3/c1-4-7-8-9-10-19(17(20)13-18)16(14-21-11-5-2)15-22-12-6-3/h1-3,16H,7-15H2. The van der Waals surface area contributed by atoms with E-state index in [2.05, 4.69) is 33.7 Å². The second kappa shape index (κ2) is 14.5. The summed E-state index contributed by atoms with van der Waals surface area (Å²) in [7, 11) is 0. The number of carbonyl (C=O) groups excluding carboxylic acids is 1. The van der Waals surface area contributed by atoms with E-state index >= 15 is 0 Å². The number of amides is 1. The van der Waals surface area contributed by atoms with E-state index in [0.29, 0.717) is 26.2 Å². The quantitative estimate of drug-likeness (QED) is 0.299. The van der Waals surface area contributed by atoms with Crippen molar-refractivity contribution < 1.29 is 14.3 Å². The van der Waals surface area contributed by atoms with Crippen LogP contribution in [0.1, 0.15) is 19.3 Å². The molecule has 0 bridgehead atoms. The second-order valence-corrected chi connectivity index (χ2v) is 5.04. The number of ether oxygens (including phenoxy) is 2. The lowest BCUT2D eigenvalue weighted by Gasteiger charge is -2.31. The number of carbonyl (C=O) groups is 1. The SMILES string of the molecule is C#CCCCCN(C(=O)CBr)C(COCC#C)COCC#C. The minimum atomic E-state index is -0.224. The molecule has 0 rings (SSSR count). The van der Waals surface area contributed by atoms with Gasteiger partial charge in [0, 0.05) is 13.0 Å². The first-order valence-corrected chi connectivity index (χ1v) is 8.14. The van der Waals surface area contributed by atoms with E-state index < -0.39 is 0 Å². The van der Waals surface area contributed by atoms with Gasteiger partial charge in [-0.3, -0.25) is 4.79 Å². The molecule has 0 radical (unpaired) electrons. The minimum absolute atomic E-state index is 0.0284. The van der Waals surface area contributed by atoms with Gasteiger partial charge in [0.1, 0.15) is 13.2 Å². The Kier molecular flexibility index (Phi) is 13.5. The predicted octanol–water partition coefficient (Wildman–Crippen LogP) is 1.68. The van der Waals surface area contributed by atoms with Gasteiger partial charge in [0.05, 0.1) is 24.6 Å². The molecule has 0 atom stereocenters. The van der Waals surface area contributed by atoms with Crippen LogP contribution >= 0.6 is 15.9 Å². The lowest BCUT2D eigenvalue weighted by molar-refractivity contribution is -0.133. The van der Waals surface area contributed by atoms with Crippen molar-refractivity contribution in [3.63, 3.8) is 0 Å². The third-order valence-corrected chi connectivity index (χ3v) is 3.32. The summed E-state index contributed by atoms with van der Waals surface area (Å²) in [5.74, 6) is 7.37. The summed E-state index contributed by atoms with van der Waals surface area (Å²) in [6.45, 7) is 1.60. The number of halogens is 1. The first-order valence-electron chi connectivity index (χ1n) is 7.02. The number of alkyl halides is 1. The van der Waals surface area contributed by atoms with Gasteiger partial charge in [0.2, 0.25) is 5.91 Å². The molecular weight excluding hydrogens is 346 g/mol. The van der Waals surface area contributed by atoms with Gasteiger partial charge in [-0.05, 0) is 12.8 Å². The maximum Gasteiger partial charge on any atom is 0.233 e. The van der Waals surface area contributed by atoms with Crippen molar-refractivity contribution in [2.24, 2.45) is 0 Å². The monoisotopic (exact) mass is 367 g/mol. The molecule has 120 valence electrons. The van der Waals surface area contributed by atoms with Gasteiger partial charge in [-0.2, -0.15) is 0 Å². The van der Waals surface area contributed by atoms with Crippen molar-refractivity contribution in [2.75, 3.05) is 38.3 Å². The highest BCUT2D eigenvalue weighted by Crippen LogP contribution is 2.08. The van der Waals surface area contributed by atoms with Gasteiger partial charge in [-0.15, -0.1) is 25.2 Å². The fourth-order valence-electron chi connectivity index (χ4n) is 1.83. The first-order chi connectivity index (χ1) is 10.7. The fraction of sp³-hybridized carbons (Fsp3) is 0.588. The summed E-state index contributed by atoms with van der Waals surface area (Å²) < 4.78 is 10.7. The zero-order valence-electron chi connectivity index (χ0n) is 12.7. The Morgan fingerprint density at radius 1 is 1.05 bits per heavy atom. The Morgan fingerprint density at radius 3 is 2.09 bits per heavy atom. The summed E-state index contributed by atoms with van der Waals surface area (Å²) >= 11 is 3.20. The number of hydrogen-bond donors (Lipinski definition) is 0.